The molecule has 4 nitrogen and oxygen atoms in total. The number of benzene rings is 1. The fourth-order valence-corrected chi connectivity index (χ4v) is 2.58. The number of carbonyl (C=O) groups is 1. The fourth-order valence-electron chi connectivity index (χ4n) is 1.63. The number of methoxy groups -OCH3 is 1. The summed E-state index contributed by atoms with van der Waals surface area (Å²) >= 11 is 1.57. The standard InChI is InChI=1S/C14H15NO3S/c1-18-14(17)8-12-5-6-13(19-12)9-15-10-3-2-4-11(16)7-10/h2-7,15-16H,8-9H2,1H3. The average molecular weight is 277 g/mol. The molecule has 1 aromatic carbocycles. The monoisotopic (exact) mass is 277 g/mol. The summed E-state index contributed by atoms with van der Waals surface area (Å²) in [5.74, 6) is 0.0110. The summed E-state index contributed by atoms with van der Waals surface area (Å²) in [5, 5.41) is 12.6. The minimum Gasteiger partial charge on any atom is -0.508 e. The molecule has 2 aromatic rings. The second-order valence-corrected chi connectivity index (χ2v) is 5.28. The van der Waals surface area contributed by atoms with Crippen molar-refractivity contribution in [2.75, 3.05) is 12.4 Å². The lowest BCUT2D eigenvalue weighted by Crippen LogP contribution is -2.02. The molecule has 1 aromatic heterocycles. The smallest absolute Gasteiger partial charge is 0.310 e. The first kappa shape index (κ1) is 13.4. The first-order valence-electron chi connectivity index (χ1n) is 5.84. The van der Waals surface area contributed by atoms with Crippen LogP contribution in [0.15, 0.2) is 36.4 Å². The van der Waals surface area contributed by atoms with Gasteiger partial charge in [0, 0.05) is 28.1 Å². The summed E-state index contributed by atoms with van der Waals surface area (Å²) in [6.07, 6.45) is 0.313. The van der Waals surface area contributed by atoms with Crippen molar-refractivity contribution >= 4 is 23.0 Å². The molecule has 100 valence electrons. The van der Waals surface area contributed by atoms with Crippen molar-refractivity contribution in [2.24, 2.45) is 0 Å². The number of phenolic OH excluding ortho intramolecular Hbond substituents is 1. The van der Waals surface area contributed by atoms with Gasteiger partial charge in [0.05, 0.1) is 13.5 Å². The topological polar surface area (TPSA) is 58.6 Å². The molecule has 0 aliphatic heterocycles. The Labute approximate surface area is 115 Å². The quantitative estimate of drug-likeness (QED) is 0.825. The molecule has 0 aliphatic carbocycles. The molecule has 0 bridgehead atoms. The lowest BCUT2D eigenvalue weighted by molar-refractivity contribution is -0.139. The largest absolute Gasteiger partial charge is 0.508 e. The van der Waals surface area contributed by atoms with Gasteiger partial charge >= 0.3 is 5.97 Å². The molecule has 0 radical (unpaired) electrons. The SMILES string of the molecule is COC(=O)Cc1ccc(CNc2cccc(O)c2)s1. The predicted molar refractivity (Wildman–Crippen MR) is 75.5 cm³/mol. The molecule has 1 heterocycles. The highest BCUT2D eigenvalue weighted by Gasteiger charge is 2.06. The summed E-state index contributed by atoms with van der Waals surface area (Å²) in [6.45, 7) is 0.662. The number of carbonyl (C=O) groups excluding carboxylic acids is 1. The summed E-state index contributed by atoms with van der Waals surface area (Å²) in [4.78, 5) is 13.3. The van der Waals surface area contributed by atoms with E-state index >= 15 is 0 Å². The number of anilines is 1. The summed E-state index contributed by atoms with van der Waals surface area (Å²) in [6, 6.07) is 10.9. The molecular weight excluding hydrogens is 262 g/mol. The second-order valence-electron chi connectivity index (χ2n) is 4.02. The number of hydrogen-bond acceptors (Lipinski definition) is 5. The van der Waals surface area contributed by atoms with Gasteiger partial charge in [0.25, 0.3) is 0 Å². The molecule has 0 fully saturated rings. The van der Waals surface area contributed by atoms with E-state index in [0.29, 0.717) is 13.0 Å². The normalized spacial score (nSPS) is 10.2. The summed E-state index contributed by atoms with van der Waals surface area (Å²) in [5.41, 5.74) is 0.864. The zero-order chi connectivity index (χ0) is 13.7. The molecule has 19 heavy (non-hydrogen) atoms. The second kappa shape index (κ2) is 6.24. The molecule has 2 N–H and O–H groups in total. The Balaban J connectivity index is 1.91. The van der Waals surface area contributed by atoms with Gasteiger partial charge in [-0.1, -0.05) is 6.07 Å². The third-order valence-electron chi connectivity index (χ3n) is 2.58. The van der Waals surface area contributed by atoms with E-state index in [1.54, 1.807) is 29.5 Å². The van der Waals surface area contributed by atoms with E-state index in [4.69, 9.17) is 0 Å². The third kappa shape index (κ3) is 3.99. The van der Waals surface area contributed by atoms with Crippen LogP contribution in [0.25, 0.3) is 0 Å². The molecule has 0 saturated carbocycles. The number of nitrogens with one attached hydrogen (secondary N) is 1. The number of ether oxygens (including phenoxy) is 1. The number of thiophene rings is 1. The van der Waals surface area contributed by atoms with Crippen molar-refractivity contribution < 1.29 is 14.6 Å². The average Bonchev–Trinajstić information content (AvgIpc) is 2.84. The van der Waals surface area contributed by atoms with Crippen LogP contribution in [0.5, 0.6) is 5.75 Å². The van der Waals surface area contributed by atoms with Crippen LogP contribution in [0.4, 0.5) is 5.69 Å². The molecule has 5 heteroatoms. The number of hydrogen-bond donors (Lipinski definition) is 2. The number of rotatable bonds is 5. The van der Waals surface area contributed by atoms with Gasteiger partial charge in [-0.15, -0.1) is 11.3 Å². The Hall–Kier alpha value is -2.01. The first-order valence-corrected chi connectivity index (χ1v) is 6.66. The van der Waals surface area contributed by atoms with Crippen molar-refractivity contribution in [3.63, 3.8) is 0 Å². The van der Waals surface area contributed by atoms with E-state index in [1.165, 1.54) is 7.11 Å². The van der Waals surface area contributed by atoms with Gasteiger partial charge in [0.1, 0.15) is 5.75 Å². The van der Waals surface area contributed by atoms with E-state index in [9.17, 15) is 9.90 Å². The van der Waals surface area contributed by atoms with Crippen molar-refractivity contribution in [3.8, 4) is 5.75 Å². The van der Waals surface area contributed by atoms with Crippen LogP contribution in [0, 0.1) is 0 Å². The van der Waals surface area contributed by atoms with Gasteiger partial charge in [0.15, 0.2) is 0 Å². The van der Waals surface area contributed by atoms with Crippen LogP contribution in [0.3, 0.4) is 0 Å². The third-order valence-corrected chi connectivity index (χ3v) is 3.66. The van der Waals surface area contributed by atoms with Crippen LogP contribution >= 0.6 is 11.3 Å². The van der Waals surface area contributed by atoms with Crippen molar-refractivity contribution in [1.29, 1.82) is 0 Å². The molecule has 0 aliphatic rings. The van der Waals surface area contributed by atoms with Gasteiger partial charge in [-0.3, -0.25) is 4.79 Å². The summed E-state index contributed by atoms with van der Waals surface area (Å²) < 4.78 is 4.63. The molecule has 0 saturated heterocycles. The van der Waals surface area contributed by atoms with Gasteiger partial charge in [0.2, 0.25) is 0 Å². The zero-order valence-electron chi connectivity index (χ0n) is 10.6. The van der Waals surface area contributed by atoms with E-state index in [-0.39, 0.29) is 11.7 Å². The first-order chi connectivity index (χ1) is 9.17. The Bertz CT molecular complexity index is 565. The van der Waals surface area contributed by atoms with Crippen molar-refractivity contribution in [1.82, 2.24) is 0 Å². The van der Waals surface area contributed by atoms with Gasteiger partial charge in [-0.2, -0.15) is 0 Å². The number of aromatic hydroxyl groups is 1. The maximum absolute atomic E-state index is 11.1. The highest BCUT2D eigenvalue weighted by Crippen LogP contribution is 2.20. The lowest BCUT2D eigenvalue weighted by atomic mass is 10.3. The van der Waals surface area contributed by atoms with Crippen LogP contribution in [0.2, 0.25) is 0 Å². The lowest BCUT2D eigenvalue weighted by Gasteiger charge is -2.04. The maximum atomic E-state index is 11.1. The van der Waals surface area contributed by atoms with Gasteiger partial charge in [-0.25, -0.2) is 0 Å². The van der Waals surface area contributed by atoms with Gasteiger partial charge in [-0.05, 0) is 24.3 Å². The molecule has 0 amide bonds. The van der Waals surface area contributed by atoms with Crippen molar-refractivity contribution in [2.45, 2.75) is 13.0 Å². The number of esters is 1. The molecule has 2 rings (SSSR count). The Morgan fingerprint density at radius 2 is 2.11 bits per heavy atom. The Morgan fingerprint density at radius 1 is 1.32 bits per heavy atom. The summed E-state index contributed by atoms with van der Waals surface area (Å²) in [7, 11) is 1.39. The zero-order valence-corrected chi connectivity index (χ0v) is 11.4. The van der Waals surface area contributed by atoms with Crippen molar-refractivity contribution in [3.05, 3.63) is 46.2 Å². The molecule has 0 unspecified atom stereocenters. The van der Waals surface area contributed by atoms with Crippen LogP contribution in [-0.2, 0) is 22.5 Å². The number of phenols is 1. The van der Waals surface area contributed by atoms with Crippen LogP contribution < -0.4 is 5.32 Å². The minimum atomic E-state index is -0.227. The maximum Gasteiger partial charge on any atom is 0.310 e. The fraction of sp³-hybridized carbons (Fsp3) is 0.214. The molecular formula is C14H15NO3S. The van der Waals surface area contributed by atoms with E-state index in [1.807, 2.05) is 18.2 Å². The van der Waals surface area contributed by atoms with Crippen LogP contribution in [-0.4, -0.2) is 18.2 Å². The van der Waals surface area contributed by atoms with E-state index in [0.717, 1.165) is 15.4 Å². The molecule has 0 spiro atoms. The minimum absolute atomic E-state index is 0.227. The van der Waals surface area contributed by atoms with Gasteiger partial charge < -0.3 is 15.2 Å². The predicted octanol–water partition coefficient (Wildman–Crippen LogP) is 2.78. The highest BCUT2D eigenvalue weighted by atomic mass is 32.1. The van der Waals surface area contributed by atoms with Crippen LogP contribution in [0.1, 0.15) is 9.75 Å². The highest BCUT2D eigenvalue weighted by molar-refractivity contribution is 7.12. The Morgan fingerprint density at radius 3 is 2.84 bits per heavy atom. The van der Waals surface area contributed by atoms with E-state index < -0.39 is 0 Å². The Kier molecular flexibility index (Phi) is 4.41. The molecule has 0 atom stereocenters. The van der Waals surface area contributed by atoms with E-state index in [2.05, 4.69) is 10.1 Å².